The summed E-state index contributed by atoms with van der Waals surface area (Å²) in [5.41, 5.74) is 6.88. The van der Waals surface area contributed by atoms with E-state index in [4.69, 9.17) is 15.2 Å². The fourth-order valence-electron chi connectivity index (χ4n) is 2.55. The van der Waals surface area contributed by atoms with Gasteiger partial charge in [0.05, 0.1) is 17.5 Å². The molecule has 0 heterocycles. The maximum absolute atomic E-state index is 12.8. The molecule has 0 saturated carbocycles. The summed E-state index contributed by atoms with van der Waals surface area (Å²) in [4.78, 5) is 24.7. The maximum Gasteiger partial charge on any atom is 0.269 e. The Morgan fingerprint density at radius 3 is 2.15 bits per heavy atom. The molecule has 2 N–H and O–H groups in total. The Balaban J connectivity index is 2.78. The molecule has 0 aliphatic heterocycles. The molecule has 1 aromatic rings. The number of non-ortho nitro benzene ring substituents is 1. The van der Waals surface area contributed by atoms with Gasteiger partial charge in [-0.05, 0) is 39.7 Å². The van der Waals surface area contributed by atoms with E-state index in [1.807, 2.05) is 27.7 Å². The highest BCUT2D eigenvalue weighted by Gasteiger charge is 2.26. The number of benzene rings is 1. The predicted octanol–water partition coefficient (Wildman–Crippen LogP) is 2.10. The number of rotatable bonds is 11. The second-order valence-electron chi connectivity index (χ2n) is 6.16. The van der Waals surface area contributed by atoms with E-state index >= 15 is 0 Å². The van der Waals surface area contributed by atoms with Crippen molar-refractivity contribution in [1.82, 2.24) is 4.90 Å². The molecular weight excluding hydrogens is 338 g/mol. The lowest BCUT2D eigenvalue weighted by Crippen LogP contribution is -2.51. The maximum atomic E-state index is 12.8. The number of ether oxygens (including phenoxy) is 2. The molecular formula is C18H29N3O5. The van der Waals surface area contributed by atoms with Crippen LogP contribution in [-0.2, 0) is 20.7 Å². The molecule has 0 saturated heterocycles. The van der Waals surface area contributed by atoms with Crippen LogP contribution in [-0.4, -0.2) is 53.9 Å². The highest BCUT2D eigenvalue weighted by Crippen LogP contribution is 2.14. The Labute approximate surface area is 154 Å². The first-order chi connectivity index (χ1) is 12.3. The molecule has 0 aromatic heterocycles. The van der Waals surface area contributed by atoms with Gasteiger partial charge < -0.3 is 20.1 Å². The molecule has 146 valence electrons. The summed E-state index contributed by atoms with van der Waals surface area (Å²) in [7, 11) is 0. The molecule has 0 spiro atoms. The standard InChI is InChI=1S/C18H29N3O5/c1-5-25-17(26-6-2)12-20(13(3)4)18(22)16(19)11-14-7-9-15(10-8-14)21(23)24/h7-10,13,16-17H,5-6,11-12,19H2,1-4H3. The van der Waals surface area contributed by atoms with E-state index in [1.165, 1.54) is 12.1 Å². The molecule has 1 atom stereocenters. The van der Waals surface area contributed by atoms with Crippen LogP contribution in [0.25, 0.3) is 0 Å². The average Bonchev–Trinajstić information content (AvgIpc) is 2.59. The van der Waals surface area contributed by atoms with Gasteiger partial charge in [0.2, 0.25) is 5.91 Å². The van der Waals surface area contributed by atoms with E-state index in [9.17, 15) is 14.9 Å². The van der Waals surface area contributed by atoms with Crippen molar-refractivity contribution in [3.63, 3.8) is 0 Å². The number of nitrogens with zero attached hydrogens (tertiary/aromatic N) is 2. The van der Waals surface area contributed by atoms with E-state index in [-0.39, 0.29) is 17.6 Å². The Hall–Kier alpha value is -2.03. The number of amides is 1. The van der Waals surface area contributed by atoms with Gasteiger partial charge in [-0.2, -0.15) is 0 Å². The summed E-state index contributed by atoms with van der Waals surface area (Å²) < 4.78 is 11.1. The molecule has 1 amide bonds. The largest absolute Gasteiger partial charge is 0.351 e. The van der Waals surface area contributed by atoms with Crippen molar-refractivity contribution >= 4 is 11.6 Å². The van der Waals surface area contributed by atoms with Gasteiger partial charge in [0.25, 0.3) is 5.69 Å². The summed E-state index contributed by atoms with van der Waals surface area (Å²) in [6.45, 7) is 8.82. The number of nitro benzene ring substituents is 1. The molecule has 1 rings (SSSR count). The van der Waals surface area contributed by atoms with Crippen LogP contribution in [0.5, 0.6) is 0 Å². The van der Waals surface area contributed by atoms with Gasteiger partial charge in [0, 0.05) is 31.4 Å². The van der Waals surface area contributed by atoms with Crippen molar-refractivity contribution in [1.29, 1.82) is 0 Å². The minimum absolute atomic E-state index is 0.00808. The van der Waals surface area contributed by atoms with Crippen molar-refractivity contribution in [2.45, 2.75) is 52.5 Å². The van der Waals surface area contributed by atoms with Gasteiger partial charge in [0.15, 0.2) is 6.29 Å². The van der Waals surface area contributed by atoms with Crippen LogP contribution in [0.1, 0.15) is 33.3 Å². The lowest BCUT2D eigenvalue weighted by molar-refractivity contribution is -0.384. The van der Waals surface area contributed by atoms with Gasteiger partial charge in [-0.25, -0.2) is 0 Å². The molecule has 8 nitrogen and oxygen atoms in total. The number of hydrogen-bond acceptors (Lipinski definition) is 6. The minimum atomic E-state index is -0.747. The number of hydrogen-bond donors (Lipinski definition) is 1. The van der Waals surface area contributed by atoms with Crippen LogP contribution in [0.3, 0.4) is 0 Å². The van der Waals surface area contributed by atoms with Crippen molar-refractivity contribution in [2.75, 3.05) is 19.8 Å². The Kier molecular flexibility index (Phi) is 9.18. The van der Waals surface area contributed by atoms with Crippen LogP contribution in [0.15, 0.2) is 24.3 Å². The van der Waals surface area contributed by atoms with Crippen LogP contribution in [0.2, 0.25) is 0 Å². The van der Waals surface area contributed by atoms with Crippen molar-refractivity contribution in [3.8, 4) is 0 Å². The molecule has 8 heteroatoms. The van der Waals surface area contributed by atoms with E-state index < -0.39 is 17.3 Å². The molecule has 1 unspecified atom stereocenters. The molecule has 0 radical (unpaired) electrons. The fraction of sp³-hybridized carbons (Fsp3) is 0.611. The van der Waals surface area contributed by atoms with Crippen molar-refractivity contribution in [2.24, 2.45) is 5.73 Å². The van der Waals surface area contributed by atoms with E-state index in [1.54, 1.807) is 17.0 Å². The first-order valence-corrected chi connectivity index (χ1v) is 8.82. The zero-order chi connectivity index (χ0) is 19.7. The lowest BCUT2D eigenvalue weighted by Gasteiger charge is -2.32. The molecule has 1 aromatic carbocycles. The monoisotopic (exact) mass is 367 g/mol. The van der Waals surface area contributed by atoms with Crippen LogP contribution in [0.4, 0.5) is 5.69 Å². The fourth-order valence-corrected chi connectivity index (χ4v) is 2.55. The van der Waals surface area contributed by atoms with E-state index in [0.717, 1.165) is 5.56 Å². The summed E-state index contributed by atoms with van der Waals surface area (Å²) in [6, 6.07) is 5.25. The van der Waals surface area contributed by atoms with Gasteiger partial charge in [-0.3, -0.25) is 14.9 Å². The minimum Gasteiger partial charge on any atom is -0.351 e. The predicted molar refractivity (Wildman–Crippen MR) is 98.7 cm³/mol. The number of nitrogens with two attached hydrogens (primary N) is 1. The summed E-state index contributed by atoms with van der Waals surface area (Å²) in [5.74, 6) is -0.206. The van der Waals surface area contributed by atoms with Crippen molar-refractivity contribution < 1.29 is 19.2 Å². The van der Waals surface area contributed by atoms with Gasteiger partial charge >= 0.3 is 0 Å². The third-order valence-corrected chi connectivity index (χ3v) is 3.88. The van der Waals surface area contributed by atoms with Gasteiger partial charge in [-0.1, -0.05) is 12.1 Å². The third-order valence-electron chi connectivity index (χ3n) is 3.88. The second kappa shape index (κ2) is 10.8. The van der Waals surface area contributed by atoms with Gasteiger partial charge in [-0.15, -0.1) is 0 Å². The first kappa shape index (κ1) is 22.0. The van der Waals surface area contributed by atoms with Crippen LogP contribution < -0.4 is 5.73 Å². The number of nitro groups is 1. The zero-order valence-corrected chi connectivity index (χ0v) is 15.9. The van der Waals surface area contributed by atoms with Crippen LogP contribution in [0, 0.1) is 10.1 Å². The first-order valence-electron chi connectivity index (χ1n) is 8.82. The highest BCUT2D eigenvalue weighted by atomic mass is 16.7. The van der Waals surface area contributed by atoms with E-state index in [0.29, 0.717) is 26.2 Å². The Bertz CT molecular complexity index is 571. The third kappa shape index (κ3) is 6.70. The molecule has 0 bridgehead atoms. The van der Waals surface area contributed by atoms with Crippen LogP contribution >= 0.6 is 0 Å². The molecule has 0 fully saturated rings. The average molecular weight is 367 g/mol. The number of carbonyl (C=O) groups excluding carboxylic acids is 1. The smallest absolute Gasteiger partial charge is 0.269 e. The van der Waals surface area contributed by atoms with Crippen molar-refractivity contribution in [3.05, 3.63) is 39.9 Å². The second-order valence-corrected chi connectivity index (χ2v) is 6.16. The number of carbonyl (C=O) groups is 1. The SMILES string of the molecule is CCOC(CN(C(=O)C(N)Cc1ccc([N+](=O)[O-])cc1)C(C)C)OCC. The quantitative estimate of drug-likeness (QED) is 0.364. The molecule has 0 aliphatic carbocycles. The summed E-state index contributed by atoms with van der Waals surface area (Å²) >= 11 is 0. The lowest BCUT2D eigenvalue weighted by atomic mass is 10.0. The topological polar surface area (TPSA) is 108 Å². The summed E-state index contributed by atoms with van der Waals surface area (Å²) in [6.07, 6.45) is -0.198. The molecule has 26 heavy (non-hydrogen) atoms. The normalized spacial score (nSPS) is 12.4. The summed E-state index contributed by atoms with van der Waals surface area (Å²) in [5, 5.41) is 10.7. The Morgan fingerprint density at radius 2 is 1.73 bits per heavy atom. The van der Waals surface area contributed by atoms with Gasteiger partial charge in [0.1, 0.15) is 0 Å². The highest BCUT2D eigenvalue weighted by molar-refractivity contribution is 5.82. The zero-order valence-electron chi connectivity index (χ0n) is 15.9. The molecule has 0 aliphatic rings. The Morgan fingerprint density at radius 1 is 1.19 bits per heavy atom. The van der Waals surface area contributed by atoms with E-state index in [2.05, 4.69) is 0 Å².